The first-order valence-electron chi connectivity index (χ1n) is 7.20. The maximum absolute atomic E-state index is 13.1. The van der Waals surface area contributed by atoms with E-state index in [2.05, 4.69) is 15.0 Å². The molecule has 1 aliphatic heterocycles. The summed E-state index contributed by atoms with van der Waals surface area (Å²) in [7, 11) is 3.69. The largest absolute Gasteiger partial charge is 0.392 e. The van der Waals surface area contributed by atoms with Crippen molar-refractivity contribution in [2.45, 2.75) is 25.1 Å². The van der Waals surface area contributed by atoms with E-state index in [0.29, 0.717) is 31.3 Å². The summed E-state index contributed by atoms with van der Waals surface area (Å²) in [6.45, 7) is 0.988. The number of hydrogen-bond donors (Lipinski definition) is 1. The average Bonchev–Trinajstić information content (AvgIpc) is 3.07. The van der Waals surface area contributed by atoms with Crippen molar-refractivity contribution in [2.24, 2.45) is 0 Å². The Morgan fingerprint density at radius 3 is 2.73 bits per heavy atom. The molecule has 7 heteroatoms. The van der Waals surface area contributed by atoms with Crippen LogP contribution in [0.15, 0.2) is 28.8 Å². The molecule has 2 heterocycles. The lowest BCUT2D eigenvalue weighted by Crippen LogP contribution is -2.24. The van der Waals surface area contributed by atoms with Crippen LogP contribution in [0, 0.1) is 5.82 Å². The van der Waals surface area contributed by atoms with Gasteiger partial charge in [0.1, 0.15) is 5.82 Å². The first kappa shape index (κ1) is 14.9. The minimum absolute atomic E-state index is 0.0188. The quantitative estimate of drug-likeness (QED) is 0.925. The number of benzene rings is 1. The van der Waals surface area contributed by atoms with Crippen molar-refractivity contribution in [2.75, 3.05) is 25.5 Å². The van der Waals surface area contributed by atoms with E-state index in [9.17, 15) is 9.50 Å². The summed E-state index contributed by atoms with van der Waals surface area (Å²) in [5.74, 6) is 0.763. The van der Waals surface area contributed by atoms with Crippen LogP contribution >= 0.6 is 0 Å². The number of anilines is 1. The second-order valence-corrected chi connectivity index (χ2v) is 5.77. The summed E-state index contributed by atoms with van der Waals surface area (Å²) in [5.41, 5.74) is 0.977. The van der Waals surface area contributed by atoms with Gasteiger partial charge < -0.3 is 14.5 Å². The van der Waals surface area contributed by atoms with Crippen molar-refractivity contribution >= 4 is 5.95 Å². The van der Waals surface area contributed by atoms with Crippen LogP contribution in [0.3, 0.4) is 0 Å². The van der Waals surface area contributed by atoms with Crippen LogP contribution in [-0.4, -0.2) is 46.9 Å². The molecular formula is C15H19FN4O2. The third-order valence-electron chi connectivity index (χ3n) is 3.83. The number of β-amino-alcohol motifs (C(OH)–C–C–N with tert-alkyl or cyclic N) is 1. The Hall–Kier alpha value is -1.99. The van der Waals surface area contributed by atoms with Crippen molar-refractivity contribution in [1.29, 1.82) is 0 Å². The summed E-state index contributed by atoms with van der Waals surface area (Å²) < 4.78 is 18.3. The van der Waals surface area contributed by atoms with Gasteiger partial charge in [0.25, 0.3) is 5.95 Å². The second kappa shape index (κ2) is 6.02. The molecule has 6 nitrogen and oxygen atoms in total. The molecule has 1 aromatic heterocycles. The Kier molecular flexibility index (Phi) is 4.08. The molecule has 3 rings (SSSR count). The van der Waals surface area contributed by atoms with Crippen LogP contribution < -0.4 is 4.90 Å². The molecule has 0 unspecified atom stereocenters. The van der Waals surface area contributed by atoms with E-state index < -0.39 is 6.10 Å². The Balaban J connectivity index is 1.76. The van der Waals surface area contributed by atoms with Gasteiger partial charge in [-0.1, -0.05) is 12.1 Å². The summed E-state index contributed by atoms with van der Waals surface area (Å²) in [6.07, 6.45) is 0.201. The summed E-state index contributed by atoms with van der Waals surface area (Å²) in [6, 6.07) is 6.41. The van der Waals surface area contributed by atoms with E-state index in [4.69, 9.17) is 4.52 Å². The first-order chi connectivity index (χ1) is 10.5. The van der Waals surface area contributed by atoms with Crippen molar-refractivity contribution in [3.8, 4) is 0 Å². The number of aromatic nitrogens is 2. The smallest absolute Gasteiger partial charge is 0.265 e. The predicted octanol–water partition coefficient (Wildman–Crippen LogP) is 1.58. The summed E-state index contributed by atoms with van der Waals surface area (Å²) in [4.78, 5) is 8.15. The molecule has 0 aliphatic carbocycles. The van der Waals surface area contributed by atoms with Crippen LogP contribution in [0.5, 0.6) is 0 Å². The van der Waals surface area contributed by atoms with Crippen molar-refractivity contribution in [1.82, 2.24) is 15.0 Å². The summed E-state index contributed by atoms with van der Waals surface area (Å²) >= 11 is 0. The van der Waals surface area contributed by atoms with Crippen LogP contribution in [-0.2, 0) is 6.54 Å². The number of nitrogens with zero attached hydrogens (tertiary/aromatic N) is 4. The lowest BCUT2D eigenvalue weighted by Gasteiger charge is -2.22. The van der Waals surface area contributed by atoms with Gasteiger partial charge in [0.05, 0.1) is 12.6 Å². The zero-order valence-corrected chi connectivity index (χ0v) is 12.6. The Morgan fingerprint density at radius 1 is 1.36 bits per heavy atom. The van der Waals surface area contributed by atoms with Crippen LogP contribution in [0.2, 0.25) is 0 Å². The first-order valence-corrected chi connectivity index (χ1v) is 7.20. The highest BCUT2D eigenvalue weighted by Crippen LogP contribution is 2.33. The average molecular weight is 306 g/mol. The van der Waals surface area contributed by atoms with Gasteiger partial charge in [-0.15, -0.1) is 0 Å². The molecule has 0 radical (unpaired) electrons. The zero-order chi connectivity index (χ0) is 15.7. The minimum atomic E-state index is -0.411. The fourth-order valence-corrected chi connectivity index (χ4v) is 2.75. The fourth-order valence-electron chi connectivity index (χ4n) is 2.75. The second-order valence-electron chi connectivity index (χ2n) is 5.77. The molecule has 1 fully saturated rings. The van der Waals surface area contributed by atoms with E-state index in [1.165, 1.54) is 12.1 Å². The van der Waals surface area contributed by atoms with E-state index in [-0.39, 0.29) is 11.9 Å². The number of hydrogen-bond acceptors (Lipinski definition) is 6. The van der Waals surface area contributed by atoms with Crippen LogP contribution in [0.25, 0.3) is 0 Å². The van der Waals surface area contributed by atoms with Crippen molar-refractivity contribution in [3.63, 3.8) is 0 Å². The normalized spacial score (nSPS) is 22.2. The zero-order valence-electron chi connectivity index (χ0n) is 12.6. The lowest BCUT2D eigenvalue weighted by molar-refractivity contribution is 0.164. The minimum Gasteiger partial charge on any atom is -0.392 e. The summed E-state index contributed by atoms with van der Waals surface area (Å²) in [5, 5.41) is 13.9. The van der Waals surface area contributed by atoms with Gasteiger partial charge in [-0.05, 0) is 29.3 Å². The molecule has 1 aliphatic rings. The Labute approximate surface area is 128 Å². The van der Waals surface area contributed by atoms with Crippen molar-refractivity contribution < 1.29 is 14.0 Å². The van der Waals surface area contributed by atoms with Crippen LogP contribution in [0.1, 0.15) is 23.9 Å². The number of likely N-dealkylation sites (tertiary alicyclic amines) is 1. The van der Waals surface area contributed by atoms with Gasteiger partial charge in [0.15, 0.2) is 0 Å². The molecular weight excluding hydrogens is 287 g/mol. The highest BCUT2D eigenvalue weighted by atomic mass is 19.1. The molecule has 0 saturated carbocycles. The lowest BCUT2D eigenvalue weighted by atomic mass is 10.0. The molecule has 118 valence electrons. The fraction of sp³-hybridized carbons (Fsp3) is 0.467. The Morgan fingerprint density at radius 2 is 2.09 bits per heavy atom. The van der Waals surface area contributed by atoms with E-state index in [1.807, 2.05) is 14.1 Å². The maximum atomic E-state index is 13.1. The monoisotopic (exact) mass is 306 g/mol. The van der Waals surface area contributed by atoms with Gasteiger partial charge in [0.2, 0.25) is 5.89 Å². The number of halogens is 1. The molecule has 0 bridgehead atoms. The predicted molar refractivity (Wildman–Crippen MR) is 78.8 cm³/mol. The van der Waals surface area contributed by atoms with Gasteiger partial charge in [-0.3, -0.25) is 4.90 Å². The molecule has 22 heavy (non-hydrogen) atoms. The number of rotatable bonds is 4. The highest BCUT2D eigenvalue weighted by Gasteiger charge is 2.33. The third-order valence-corrected chi connectivity index (χ3v) is 3.83. The molecule has 1 N–H and O–H groups in total. The SMILES string of the molecule is CN(C)c1noc(CN2C[C@H](O)C[C@@H]2c2ccc(F)cc2)n1. The topological polar surface area (TPSA) is 65.6 Å². The number of aliphatic hydroxyl groups excluding tert-OH is 1. The van der Waals surface area contributed by atoms with Gasteiger partial charge in [-0.25, -0.2) is 4.39 Å². The molecule has 1 aromatic carbocycles. The van der Waals surface area contributed by atoms with E-state index in [0.717, 1.165) is 5.56 Å². The third kappa shape index (κ3) is 3.10. The van der Waals surface area contributed by atoms with E-state index >= 15 is 0 Å². The highest BCUT2D eigenvalue weighted by molar-refractivity contribution is 5.24. The molecule has 2 atom stereocenters. The molecule has 2 aromatic rings. The van der Waals surface area contributed by atoms with Gasteiger partial charge in [0, 0.05) is 26.7 Å². The van der Waals surface area contributed by atoms with E-state index in [1.54, 1.807) is 17.0 Å². The maximum Gasteiger partial charge on any atom is 0.265 e. The van der Waals surface area contributed by atoms with Crippen molar-refractivity contribution in [3.05, 3.63) is 41.5 Å². The van der Waals surface area contributed by atoms with Gasteiger partial charge in [-0.2, -0.15) is 4.98 Å². The molecule has 0 spiro atoms. The Bertz CT molecular complexity index is 629. The molecule has 0 amide bonds. The molecule has 1 saturated heterocycles. The van der Waals surface area contributed by atoms with Gasteiger partial charge >= 0.3 is 0 Å². The van der Waals surface area contributed by atoms with Crippen LogP contribution in [0.4, 0.5) is 10.3 Å². The number of aliphatic hydroxyl groups is 1. The standard InChI is InChI=1S/C15H19FN4O2/c1-19(2)15-17-14(22-18-15)9-20-8-12(21)7-13(20)10-3-5-11(16)6-4-10/h3-6,12-13,21H,7-9H2,1-2H3/t12-,13-/m1/s1.